The van der Waals surface area contributed by atoms with E-state index in [0.29, 0.717) is 12.8 Å². The van der Waals surface area contributed by atoms with E-state index in [2.05, 4.69) is 15.6 Å². The van der Waals surface area contributed by atoms with Crippen molar-refractivity contribution in [2.24, 2.45) is 0 Å². The second-order valence-electron chi connectivity index (χ2n) is 7.51. The molecule has 8 heteroatoms. The number of hydrogen-bond acceptors (Lipinski definition) is 4. The molecule has 4 N–H and O–H groups in total. The topological polar surface area (TPSA) is 121 Å². The number of nitrogens with one attached hydrogen (secondary N) is 3. The number of aromatic amines is 1. The quantitative estimate of drug-likeness (QED) is 0.388. The van der Waals surface area contributed by atoms with Crippen LogP contribution in [-0.2, 0) is 27.4 Å². The van der Waals surface area contributed by atoms with Gasteiger partial charge in [0, 0.05) is 23.5 Å². The smallest absolute Gasteiger partial charge is 0.408 e. The van der Waals surface area contributed by atoms with Crippen LogP contribution in [0.1, 0.15) is 30.9 Å². The van der Waals surface area contributed by atoms with Gasteiger partial charge in [0.1, 0.15) is 18.7 Å². The molecule has 3 aromatic rings. The first-order chi connectivity index (χ1) is 15.5. The number of aromatic nitrogens is 1. The molecular weight excluding hydrogens is 410 g/mol. The molecule has 0 aliphatic rings. The molecule has 0 aliphatic carbocycles. The molecule has 2 amide bonds. The van der Waals surface area contributed by atoms with Crippen molar-refractivity contribution in [2.45, 2.75) is 44.9 Å². The van der Waals surface area contributed by atoms with Gasteiger partial charge in [-0.2, -0.15) is 0 Å². The normalized spacial score (nSPS) is 12.7. The summed E-state index contributed by atoms with van der Waals surface area (Å²) in [5, 5.41) is 15.7. The molecule has 3 rings (SSSR count). The predicted octanol–water partition coefficient (Wildman–Crippen LogP) is 3.37. The number of alkyl carbamates (subject to hydrolysis) is 1. The van der Waals surface area contributed by atoms with Crippen molar-refractivity contribution in [3.8, 4) is 0 Å². The number of para-hydroxylation sites is 1. The fraction of sp³-hybridized carbons (Fsp3) is 0.292. The van der Waals surface area contributed by atoms with E-state index in [4.69, 9.17) is 4.74 Å². The van der Waals surface area contributed by atoms with Crippen LogP contribution in [0.5, 0.6) is 0 Å². The number of carboxylic acids is 1. The molecule has 0 fully saturated rings. The Labute approximate surface area is 186 Å². The van der Waals surface area contributed by atoms with Crippen molar-refractivity contribution in [3.63, 3.8) is 0 Å². The Morgan fingerprint density at radius 3 is 2.44 bits per heavy atom. The number of benzene rings is 2. The number of carbonyl (C=O) groups is 3. The maximum Gasteiger partial charge on any atom is 0.408 e. The summed E-state index contributed by atoms with van der Waals surface area (Å²) in [5.74, 6) is -1.71. The third-order valence-electron chi connectivity index (χ3n) is 5.11. The van der Waals surface area contributed by atoms with Crippen LogP contribution in [-0.4, -0.2) is 40.1 Å². The van der Waals surface area contributed by atoms with Gasteiger partial charge in [0.2, 0.25) is 5.91 Å². The lowest BCUT2D eigenvalue weighted by molar-refractivity contribution is -0.142. The number of carbonyl (C=O) groups excluding carboxylic acids is 2. The molecule has 0 spiro atoms. The van der Waals surface area contributed by atoms with Gasteiger partial charge in [0.15, 0.2) is 0 Å². The van der Waals surface area contributed by atoms with Crippen molar-refractivity contribution in [1.82, 2.24) is 15.6 Å². The maximum absolute atomic E-state index is 12.8. The summed E-state index contributed by atoms with van der Waals surface area (Å²) >= 11 is 0. The van der Waals surface area contributed by atoms with Gasteiger partial charge in [-0.25, -0.2) is 9.59 Å². The SMILES string of the molecule is CCCC(NC(=O)OCc1ccccc1)C(=O)NC(Cc1c[nH]c2ccccc12)C(=O)O. The first-order valence-electron chi connectivity index (χ1n) is 10.5. The van der Waals surface area contributed by atoms with Crippen molar-refractivity contribution in [2.75, 3.05) is 0 Å². The Bertz CT molecular complexity index is 1060. The van der Waals surface area contributed by atoms with Gasteiger partial charge in [-0.1, -0.05) is 61.9 Å². The van der Waals surface area contributed by atoms with Crippen LogP contribution < -0.4 is 10.6 Å². The van der Waals surface area contributed by atoms with Gasteiger partial charge in [-0.05, 0) is 23.6 Å². The van der Waals surface area contributed by atoms with Crippen molar-refractivity contribution < 1.29 is 24.2 Å². The lowest BCUT2D eigenvalue weighted by Crippen LogP contribution is -2.52. The average Bonchev–Trinajstić information content (AvgIpc) is 3.20. The molecule has 2 aromatic carbocycles. The molecule has 2 unspecified atom stereocenters. The third-order valence-corrected chi connectivity index (χ3v) is 5.11. The van der Waals surface area contributed by atoms with E-state index in [1.54, 1.807) is 6.20 Å². The Morgan fingerprint density at radius 1 is 1.00 bits per heavy atom. The van der Waals surface area contributed by atoms with Crippen LogP contribution >= 0.6 is 0 Å². The predicted molar refractivity (Wildman–Crippen MR) is 120 cm³/mol. The van der Waals surface area contributed by atoms with Gasteiger partial charge in [0.25, 0.3) is 0 Å². The van der Waals surface area contributed by atoms with Crippen LogP contribution in [0.4, 0.5) is 4.79 Å². The van der Waals surface area contributed by atoms with E-state index in [1.807, 2.05) is 61.5 Å². The highest BCUT2D eigenvalue weighted by Gasteiger charge is 2.27. The molecule has 0 saturated heterocycles. The largest absolute Gasteiger partial charge is 0.480 e. The highest BCUT2D eigenvalue weighted by Crippen LogP contribution is 2.19. The van der Waals surface area contributed by atoms with E-state index in [9.17, 15) is 19.5 Å². The number of rotatable bonds is 10. The molecule has 8 nitrogen and oxygen atoms in total. The molecule has 1 heterocycles. The zero-order chi connectivity index (χ0) is 22.9. The molecule has 0 saturated carbocycles. The minimum absolute atomic E-state index is 0.0749. The molecule has 168 valence electrons. The molecule has 0 radical (unpaired) electrons. The number of amides is 2. The Morgan fingerprint density at radius 2 is 1.72 bits per heavy atom. The number of H-pyrrole nitrogens is 1. The lowest BCUT2D eigenvalue weighted by Gasteiger charge is -2.21. The van der Waals surface area contributed by atoms with E-state index < -0.39 is 30.1 Å². The standard InChI is InChI=1S/C24H27N3O5/c1-2-8-20(27-24(31)32-15-16-9-4-3-5-10-16)22(28)26-21(23(29)30)13-17-14-25-19-12-7-6-11-18(17)19/h3-7,9-12,14,20-21,25H,2,8,13,15H2,1H3,(H,26,28)(H,27,31)(H,29,30). The van der Waals surface area contributed by atoms with Crippen LogP contribution in [0, 0.1) is 0 Å². The molecule has 0 bridgehead atoms. The van der Waals surface area contributed by atoms with Crippen LogP contribution in [0.15, 0.2) is 60.8 Å². The molecule has 0 aliphatic heterocycles. The van der Waals surface area contributed by atoms with Crippen molar-refractivity contribution in [3.05, 3.63) is 71.9 Å². The summed E-state index contributed by atoms with van der Waals surface area (Å²) in [5.41, 5.74) is 2.50. The maximum atomic E-state index is 12.8. The van der Waals surface area contributed by atoms with E-state index >= 15 is 0 Å². The minimum atomic E-state index is -1.15. The summed E-state index contributed by atoms with van der Waals surface area (Å²) in [6, 6.07) is 14.7. The van der Waals surface area contributed by atoms with E-state index in [-0.39, 0.29) is 13.0 Å². The van der Waals surface area contributed by atoms with Crippen molar-refractivity contribution >= 4 is 28.9 Å². The lowest BCUT2D eigenvalue weighted by atomic mass is 10.0. The van der Waals surface area contributed by atoms with E-state index in [1.165, 1.54) is 0 Å². The number of fused-ring (bicyclic) bond motifs is 1. The monoisotopic (exact) mass is 437 g/mol. The fourth-order valence-corrected chi connectivity index (χ4v) is 3.46. The van der Waals surface area contributed by atoms with Gasteiger partial charge in [-0.3, -0.25) is 4.79 Å². The molecule has 32 heavy (non-hydrogen) atoms. The van der Waals surface area contributed by atoms with Crippen LogP contribution in [0.3, 0.4) is 0 Å². The second-order valence-corrected chi connectivity index (χ2v) is 7.51. The first kappa shape index (κ1) is 22.9. The Hall–Kier alpha value is -3.81. The summed E-state index contributed by atoms with van der Waals surface area (Å²) in [7, 11) is 0. The second kappa shape index (κ2) is 11.0. The van der Waals surface area contributed by atoms with Crippen molar-refractivity contribution in [1.29, 1.82) is 0 Å². The minimum Gasteiger partial charge on any atom is -0.480 e. The number of ether oxygens (including phenoxy) is 1. The van der Waals surface area contributed by atoms with Gasteiger partial charge < -0.3 is 25.5 Å². The van der Waals surface area contributed by atoms with Gasteiger partial charge >= 0.3 is 12.1 Å². The van der Waals surface area contributed by atoms with E-state index in [0.717, 1.165) is 22.0 Å². The Balaban J connectivity index is 1.62. The number of hydrogen-bond donors (Lipinski definition) is 4. The molecule has 2 atom stereocenters. The summed E-state index contributed by atoms with van der Waals surface area (Å²) in [4.78, 5) is 39.9. The number of aliphatic carboxylic acids is 1. The van der Waals surface area contributed by atoms with Gasteiger partial charge in [0.05, 0.1) is 0 Å². The van der Waals surface area contributed by atoms with Gasteiger partial charge in [-0.15, -0.1) is 0 Å². The highest BCUT2D eigenvalue weighted by atomic mass is 16.5. The number of carboxylic acid groups (broad SMARTS) is 1. The summed E-state index contributed by atoms with van der Waals surface area (Å²) in [6.07, 6.45) is 2.10. The third kappa shape index (κ3) is 6.10. The Kier molecular flexibility index (Phi) is 7.85. The summed E-state index contributed by atoms with van der Waals surface area (Å²) < 4.78 is 5.19. The zero-order valence-electron chi connectivity index (χ0n) is 17.8. The fourth-order valence-electron chi connectivity index (χ4n) is 3.46. The van der Waals surface area contributed by atoms with Crippen LogP contribution in [0.25, 0.3) is 10.9 Å². The van der Waals surface area contributed by atoms with Crippen LogP contribution in [0.2, 0.25) is 0 Å². The highest BCUT2D eigenvalue weighted by molar-refractivity contribution is 5.90. The average molecular weight is 437 g/mol. The first-order valence-corrected chi connectivity index (χ1v) is 10.5. The summed E-state index contributed by atoms with van der Waals surface area (Å²) in [6.45, 7) is 1.95. The molecular formula is C24H27N3O5. The molecule has 1 aromatic heterocycles. The zero-order valence-corrected chi connectivity index (χ0v) is 17.8.